The summed E-state index contributed by atoms with van der Waals surface area (Å²) in [6.07, 6.45) is 0. The molecule has 0 atom stereocenters. The number of hydrogen-bond acceptors (Lipinski definition) is 1. The van der Waals surface area contributed by atoms with Crippen molar-refractivity contribution in [3.63, 3.8) is 0 Å². The van der Waals surface area contributed by atoms with Gasteiger partial charge in [0, 0.05) is 5.56 Å². The Balaban J connectivity index is 1.87. The Labute approximate surface area is 135 Å². The molecule has 0 amide bonds. The summed E-state index contributed by atoms with van der Waals surface area (Å²) in [5.41, 5.74) is 0.748. The molecular formula is C17H11BrClFO. The number of ether oxygens (including phenoxy) is 1. The van der Waals surface area contributed by atoms with Crippen LogP contribution >= 0.6 is 27.5 Å². The van der Waals surface area contributed by atoms with Crippen LogP contribution in [0.5, 0.6) is 5.75 Å². The first kappa shape index (κ1) is 14.4. The zero-order valence-corrected chi connectivity index (χ0v) is 13.3. The summed E-state index contributed by atoms with van der Waals surface area (Å²) in [4.78, 5) is 0. The Hall–Kier alpha value is -1.58. The molecule has 0 fully saturated rings. The van der Waals surface area contributed by atoms with Crippen LogP contribution in [0.3, 0.4) is 0 Å². The molecule has 0 saturated carbocycles. The molecule has 3 rings (SSSR count). The highest BCUT2D eigenvalue weighted by atomic mass is 79.9. The van der Waals surface area contributed by atoms with E-state index < -0.39 is 0 Å². The van der Waals surface area contributed by atoms with Crippen molar-refractivity contribution in [1.29, 1.82) is 0 Å². The standard InChI is InChI=1S/C17H11BrClFO/c18-17-14-4-2-1-3-11(14)6-8-16(17)21-10-12-5-7-13(20)9-15(12)19/h1-9H,10H2. The van der Waals surface area contributed by atoms with E-state index in [1.54, 1.807) is 6.07 Å². The zero-order chi connectivity index (χ0) is 14.8. The van der Waals surface area contributed by atoms with Crippen LogP contribution in [0.1, 0.15) is 5.56 Å². The second-order valence-corrected chi connectivity index (χ2v) is 5.82. The SMILES string of the molecule is Fc1ccc(COc2ccc3ccccc3c2Br)c(Cl)c1. The lowest BCUT2D eigenvalue weighted by Gasteiger charge is -2.11. The van der Waals surface area contributed by atoms with Crippen molar-refractivity contribution in [2.45, 2.75) is 6.61 Å². The summed E-state index contributed by atoms with van der Waals surface area (Å²) < 4.78 is 19.7. The first-order valence-electron chi connectivity index (χ1n) is 6.39. The quantitative estimate of drug-likeness (QED) is 0.555. The third kappa shape index (κ3) is 3.04. The number of benzene rings is 3. The van der Waals surface area contributed by atoms with Gasteiger partial charge in [0.05, 0.1) is 9.50 Å². The normalized spacial score (nSPS) is 10.8. The maximum Gasteiger partial charge on any atom is 0.134 e. The van der Waals surface area contributed by atoms with Crippen molar-refractivity contribution in [2.24, 2.45) is 0 Å². The van der Waals surface area contributed by atoms with Gasteiger partial charge in [0.25, 0.3) is 0 Å². The van der Waals surface area contributed by atoms with Crippen molar-refractivity contribution < 1.29 is 9.13 Å². The fourth-order valence-corrected chi connectivity index (χ4v) is 2.95. The molecule has 0 aromatic heterocycles. The van der Waals surface area contributed by atoms with Crippen molar-refractivity contribution >= 4 is 38.3 Å². The van der Waals surface area contributed by atoms with E-state index in [1.165, 1.54) is 12.1 Å². The molecule has 0 aliphatic rings. The molecule has 0 saturated heterocycles. The summed E-state index contributed by atoms with van der Waals surface area (Å²) in [5, 5.41) is 2.59. The molecule has 106 valence electrons. The van der Waals surface area contributed by atoms with Crippen LogP contribution in [0.4, 0.5) is 4.39 Å². The Kier molecular flexibility index (Phi) is 4.13. The lowest BCUT2D eigenvalue weighted by Crippen LogP contribution is -1.97. The van der Waals surface area contributed by atoms with Crippen LogP contribution in [0.25, 0.3) is 10.8 Å². The van der Waals surface area contributed by atoms with Crippen molar-refractivity contribution in [3.05, 3.63) is 75.5 Å². The highest BCUT2D eigenvalue weighted by molar-refractivity contribution is 9.10. The molecule has 0 aliphatic carbocycles. The van der Waals surface area contributed by atoms with E-state index >= 15 is 0 Å². The van der Waals surface area contributed by atoms with Crippen molar-refractivity contribution in [2.75, 3.05) is 0 Å². The van der Waals surface area contributed by atoms with Crippen LogP contribution in [-0.4, -0.2) is 0 Å². The average Bonchev–Trinajstić information content (AvgIpc) is 2.48. The lowest BCUT2D eigenvalue weighted by molar-refractivity contribution is 0.304. The maximum absolute atomic E-state index is 13.0. The summed E-state index contributed by atoms with van der Waals surface area (Å²) in [7, 11) is 0. The summed E-state index contributed by atoms with van der Waals surface area (Å²) in [6.45, 7) is 0.288. The van der Waals surface area contributed by atoms with E-state index in [-0.39, 0.29) is 12.4 Å². The number of rotatable bonds is 3. The highest BCUT2D eigenvalue weighted by Crippen LogP contribution is 2.33. The fourth-order valence-electron chi connectivity index (χ4n) is 2.12. The van der Waals surface area contributed by atoms with Crippen LogP contribution in [0.2, 0.25) is 5.02 Å². The number of halogens is 3. The first-order valence-corrected chi connectivity index (χ1v) is 7.56. The van der Waals surface area contributed by atoms with Crippen LogP contribution in [0.15, 0.2) is 59.1 Å². The molecule has 0 heterocycles. The Morgan fingerprint density at radius 2 is 1.86 bits per heavy atom. The van der Waals surface area contributed by atoms with Gasteiger partial charge in [0.2, 0.25) is 0 Å². The van der Waals surface area contributed by atoms with Gasteiger partial charge in [-0.05, 0) is 44.9 Å². The molecule has 0 bridgehead atoms. The molecule has 3 aromatic carbocycles. The molecule has 0 spiro atoms. The van der Waals surface area contributed by atoms with Crippen molar-refractivity contribution in [1.82, 2.24) is 0 Å². The summed E-state index contributed by atoms with van der Waals surface area (Å²) >= 11 is 9.57. The molecule has 21 heavy (non-hydrogen) atoms. The van der Waals surface area contributed by atoms with E-state index in [9.17, 15) is 4.39 Å². The second kappa shape index (κ2) is 6.04. The third-order valence-corrected chi connectivity index (χ3v) is 4.40. The van der Waals surface area contributed by atoms with E-state index in [2.05, 4.69) is 15.9 Å². The fraction of sp³-hybridized carbons (Fsp3) is 0.0588. The number of fused-ring (bicyclic) bond motifs is 1. The maximum atomic E-state index is 13.0. The molecule has 0 unspecified atom stereocenters. The van der Waals surface area contributed by atoms with E-state index in [4.69, 9.17) is 16.3 Å². The Morgan fingerprint density at radius 1 is 1.05 bits per heavy atom. The van der Waals surface area contributed by atoms with Crippen LogP contribution < -0.4 is 4.74 Å². The minimum Gasteiger partial charge on any atom is -0.488 e. The van der Waals surface area contributed by atoms with Gasteiger partial charge in [-0.2, -0.15) is 0 Å². The van der Waals surface area contributed by atoms with Gasteiger partial charge in [0.1, 0.15) is 18.2 Å². The smallest absolute Gasteiger partial charge is 0.134 e. The van der Waals surface area contributed by atoms with Crippen LogP contribution in [-0.2, 0) is 6.61 Å². The highest BCUT2D eigenvalue weighted by Gasteiger charge is 2.08. The molecule has 0 N–H and O–H groups in total. The van der Waals surface area contributed by atoms with E-state index in [1.807, 2.05) is 36.4 Å². The molecule has 0 aliphatic heterocycles. The van der Waals surface area contributed by atoms with Gasteiger partial charge in [-0.3, -0.25) is 0 Å². The minimum atomic E-state index is -0.351. The molecular weight excluding hydrogens is 355 g/mol. The third-order valence-electron chi connectivity index (χ3n) is 3.23. The van der Waals surface area contributed by atoms with Gasteiger partial charge in [-0.25, -0.2) is 4.39 Å². The van der Waals surface area contributed by atoms with Crippen LogP contribution in [0, 0.1) is 5.82 Å². The van der Waals surface area contributed by atoms with Gasteiger partial charge in [-0.15, -0.1) is 0 Å². The van der Waals surface area contributed by atoms with Gasteiger partial charge in [0.15, 0.2) is 0 Å². The Bertz CT molecular complexity index is 804. The minimum absolute atomic E-state index is 0.288. The summed E-state index contributed by atoms with van der Waals surface area (Å²) in [5.74, 6) is 0.379. The van der Waals surface area contributed by atoms with E-state index in [0.29, 0.717) is 5.02 Å². The first-order chi connectivity index (χ1) is 10.1. The lowest BCUT2D eigenvalue weighted by atomic mass is 10.1. The molecule has 4 heteroatoms. The zero-order valence-electron chi connectivity index (χ0n) is 10.9. The average molecular weight is 366 g/mol. The summed E-state index contributed by atoms with van der Waals surface area (Å²) in [6, 6.07) is 16.2. The number of hydrogen-bond donors (Lipinski definition) is 0. The van der Waals surface area contributed by atoms with Gasteiger partial charge < -0.3 is 4.74 Å². The van der Waals surface area contributed by atoms with Crippen molar-refractivity contribution in [3.8, 4) is 5.75 Å². The topological polar surface area (TPSA) is 9.23 Å². The molecule has 0 radical (unpaired) electrons. The Morgan fingerprint density at radius 3 is 2.67 bits per heavy atom. The molecule has 1 nitrogen and oxygen atoms in total. The van der Waals surface area contributed by atoms with E-state index in [0.717, 1.165) is 26.6 Å². The van der Waals surface area contributed by atoms with Gasteiger partial charge >= 0.3 is 0 Å². The monoisotopic (exact) mass is 364 g/mol. The van der Waals surface area contributed by atoms with Gasteiger partial charge in [-0.1, -0.05) is 48.0 Å². The predicted octanol–water partition coefficient (Wildman–Crippen LogP) is 5.97. The largest absolute Gasteiger partial charge is 0.488 e. The predicted molar refractivity (Wildman–Crippen MR) is 87.4 cm³/mol. The second-order valence-electron chi connectivity index (χ2n) is 4.62. The molecule has 3 aromatic rings.